The minimum Gasteiger partial charge on any atom is -0.512 e. The van der Waals surface area contributed by atoms with Crippen LogP contribution in [0, 0.1) is 17.9 Å². The van der Waals surface area contributed by atoms with Crippen molar-refractivity contribution < 1.29 is 34.4 Å². The van der Waals surface area contributed by atoms with Crippen LogP contribution in [-0.4, -0.2) is 15.9 Å². The fourth-order valence-electron chi connectivity index (χ4n) is 9.56. The summed E-state index contributed by atoms with van der Waals surface area (Å²) in [4.78, 5) is 16.7. The summed E-state index contributed by atoms with van der Waals surface area (Å²) >= 11 is 0. The molecule has 0 saturated heterocycles. The van der Waals surface area contributed by atoms with Gasteiger partial charge in [0.1, 0.15) is 5.58 Å². The third kappa shape index (κ3) is 7.69. The number of rotatable bonds is 7. The summed E-state index contributed by atoms with van der Waals surface area (Å²) < 4.78 is 6.63. The topological polar surface area (TPSA) is 63.3 Å². The van der Waals surface area contributed by atoms with Gasteiger partial charge in [-0.1, -0.05) is 106 Å². The Kier molecular flexibility index (Phi) is 11.7. The molecule has 5 aromatic rings. The van der Waals surface area contributed by atoms with Crippen molar-refractivity contribution in [2.75, 3.05) is 0 Å². The Morgan fingerprint density at radius 3 is 2.10 bits per heavy atom. The first-order chi connectivity index (χ1) is 24.9. The van der Waals surface area contributed by atoms with Crippen LogP contribution in [0.2, 0.25) is 0 Å². The molecule has 3 aromatic carbocycles. The number of allylic oxidation sites excluding steroid dienone is 2. The van der Waals surface area contributed by atoms with Gasteiger partial charge in [-0.2, -0.15) is 0 Å². The number of benzene rings is 3. The summed E-state index contributed by atoms with van der Waals surface area (Å²) in [7, 11) is 0. The van der Waals surface area contributed by atoms with Crippen molar-refractivity contribution in [1.29, 1.82) is 0 Å². The smallest absolute Gasteiger partial charge is 0.162 e. The molecule has 5 heteroatoms. The van der Waals surface area contributed by atoms with E-state index in [-0.39, 0.29) is 37.7 Å². The second-order valence-corrected chi connectivity index (χ2v) is 16.4. The van der Waals surface area contributed by atoms with E-state index in [0.717, 1.165) is 48.1 Å². The van der Waals surface area contributed by atoms with Gasteiger partial charge in [0.25, 0.3) is 0 Å². The fourth-order valence-corrected chi connectivity index (χ4v) is 9.56. The molecule has 0 aliphatic heterocycles. The average molecular weight is 873 g/mol. The van der Waals surface area contributed by atoms with E-state index in [2.05, 4.69) is 68.4 Å². The molecule has 52 heavy (non-hydrogen) atoms. The van der Waals surface area contributed by atoms with Gasteiger partial charge in [0, 0.05) is 49.6 Å². The number of aliphatic hydroxyl groups is 1. The van der Waals surface area contributed by atoms with Crippen LogP contribution in [0.25, 0.3) is 44.0 Å². The Labute approximate surface area is 323 Å². The summed E-state index contributed by atoms with van der Waals surface area (Å²) in [6, 6.07) is 22.2. The summed E-state index contributed by atoms with van der Waals surface area (Å²) in [5.41, 5.74) is 8.04. The van der Waals surface area contributed by atoms with Crippen LogP contribution >= 0.6 is 0 Å². The Morgan fingerprint density at radius 1 is 0.769 bits per heavy atom. The number of carbonyl (C=O) groups is 1. The van der Waals surface area contributed by atoms with E-state index < -0.39 is 0 Å². The standard InChI is InChI=1S/C34H34NO.C13H20O2.Ir/c1-21(2)24-11-14-29-30-18-27(23-9-5-6-10-23)19-31(34(30)36-32(29)20-24)33-28-13-12-25(22-7-3-4-8-22)17-26(28)15-16-35-33;14-12(10-5-1-2-6-10)9-13(15)11-7-3-4-8-11;/h11-18,20-23H,3-10H2,1-2H3;9-11,14H,1-8H2;/q-1;;/b;12-9-;. The number of pyridine rings is 1. The molecule has 2 aromatic heterocycles. The summed E-state index contributed by atoms with van der Waals surface area (Å²) in [5, 5.41) is 14.7. The van der Waals surface area contributed by atoms with Crippen LogP contribution in [-0.2, 0) is 24.9 Å². The molecule has 0 bridgehead atoms. The number of hydrogen-bond donors (Lipinski definition) is 1. The first-order valence-electron chi connectivity index (χ1n) is 20.2. The molecule has 4 nitrogen and oxygen atoms in total. The molecule has 1 N–H and O–H groups in total. The Morgan fingerprint density at radius 2 is 1.40 bits per heavy atom. The number of carbonyl (C=O) groups excluding carboxylic acids is 1. The SMILES string of the molecule is CC(C)c1ccc2c(c1)oc1c(-c3nccc4cc(C5CCCC5)ccc34)[c-]c(C3CCCC3)cc12.O=C(/C=C(\O)C1CCCC1)C1CCCC1.[Ir]. The molecule has 4 fully saturated rings. The van der Waals surface area contributed by atoms with Crippen LogP contribution in [0.15, 0.2) is 71.0 Å². The van der Waals surface area contributed by atoms with E-state index in [4.69, 9.17) is 9.40 Å². The van der Waals surface area contributed by atoms with E-state index in [1.165, 1.54) is 121 Å². The Hall–Kier alpha value is -3.27. The van der Waals surface area contributed by atoms with Crippen molar-refractivity contribution in [1.82, 2.24) is 4.98 Å². The van der Waals surface area contributed by atoms with E-state index in [1.54, 1.807) is 0 Å². The minimum absolute atomic E-state index is 0. The van der Waals surface area contributed by atoms with Gasteiger partial charge in [0.15, 0.2) is 5.78 Å². The number of furan rings is 1. The third-order valence-corrected chi connectivity index (χ3v) is 12.7. The van der Waals surface area contributed by atoms with Crippen LogP contribution in [0.1, 0.15) is 151 Å². The predicted octanol–water partition coefficient (Wildman–Crippen LogP) is 13.4. The van der Waals surface area contributed by atoms with Gasteiger partial charge in [-0.25, -0.2) is 0 Å². The van der Waals surface area contributed by atoms with Gasteiger partial charge < -0.3 is 14.5 Å². The van der Waals surface area contributed by atoms with E-state index >= 15 is 0 Å². The molecular formula is C47H54IrNO3-. The van der Waals surface area contributed by atoms with Crippen molar-refractivity contribution in [3.63, 3.8) is 0 Å². The van der Waals surface area contributed by atoms with Gasteiger partial charge >= 0.3 is 0 Å². The first kappa shape index (κ1) is 37.1. The molecule has 9 rings (SSSR count). The largest absolute Gasteiger partial charge is 0.512 e. The molecule has 0 amide bonds. The van der Waals surface area contributed by atoms with E-state index in [1.807, 2.05) is 6.20 Å². The van der Waals surface area contributed by atoms with Gasteiger partial charge in [0.05, 0.1) is 11.3 Å². The zero-order valence-corrected chi connectivity index (χ0v) is 33.4. The van der Waals surface area contributed by atoms with Crippen molar-refractivity contribution >= 4 is 38.5 Å². The van der Waals surface area contributed by atoms with E-state index in [0.29, 0.717) is 23.5 Å². The third-order valence-electron chi connectivity index (χ3n) is 12.7. The zero-order valence-electron chi connectivity index (χ0n) is 31.0. The molecule has 4 aliphatic rings. The van der Waals surface area contributed by atoms with Gasteiger partial charge in [-0.15, -0.1) is 17.7 Å². The van der Waals surface area contributed by atoms with Crippen molar-refractivity contribution in [2.24, 2.45) is 11.8 Å². The minimum atomic E-state index is 0. The first-order valence-corrected chi connectivity index (χ1v) is 20.2. The van der Waals surface area contributed by atoms with Crippen LogP contribution in [0.4, 0.5) is 0 Å². The number of aliphatic hydroxyl groups excluding tert-OH is 1. The molecule has 4 saturated carbocycles. The number of ketones is 1. The van der Waals surface area contributed by atoms with Crippen LogP contribution in [0.5, 0.6) is 0 Å². The molecular weight excluding hydrogens is 819 g/mol. The molecule has 275 valence electrons. The van der Waals surface area contributed by atoms with E-state index in [9.17, 15) is 9.90 Å². The van der Waals surface area contributed by atoms with Crippen molar-refractivity contribution in [3.05, 3.63) is 89.3 Å². The van der Waals surface area contributed by atoms with Gasteiger partial charge in [0.2, 0.25) is 0 Å². The molecule has 0 unspecified atom stereocenters. The molecule has 0 spiro atoms. The second kappa shape index (κ2) is 16.4. The summed E-state index contributed by atoms with van der Waals surface area (Å²) in [6.07, 6.45) is 22.9. The average Bonchev–Trinajstić information content (AvgIpc) is 4.01. The van der Waals surface area contributed by atoms with Gasteiger partial charge in [-0.3, -0.25) is 4.79 Å². The second-order valence-electron chi connectivity index (χ2n) is 16.4. The van der Waals surface area contributed by atoms with Gasteiger partial charge in [-0.05, 0) is 109 Å². The van der Waals surface area contributed by atoms with Crippen LogP contribution in [0.3, 0.4) is 0 Å². The maximum atomic E-state index is 11.8. The summed E-state index contributed by atoms with van der Waals surface area (Å²) in [6.45, 7) is 4.47. The maximum absolute atomic E-state index is 11.8. The quantitative estimate of drug-likeness (QED) is 0.101. The molecule has 2 heterocycles. The number of nitrogens with zero attached hydrogens (tertiary/aromatic N) is 1. The summed E-state index contributed by atoms with van der Waals surface area (Å²) in [5.74, 6) is 2.75. The van der Waals surface area contributed by atoms with Crippen LogP contribution < -0.4 is 0 Å². The normalized spacial score (nSPS) is 19.2. The molecule has 4 aliphatic carbocycles. The van der Waals surface area contributed by atoms with Crippen molar-refractivity contribution in [3.8, 4) is 11.3 Å². The maximum Gasteiger partial charge on any atom is 0.162 e. The predicted molar refractivity (Wildman–Crippen MR) is 209 cm³/mol. The number of hydrogen-bond acceptors (Lipinski definition) is 4. The zero-order chi connectivity index (χ0) is 34.9. The monoisotopic (exact) mass is 873 g/mol. The number of aromatic nitrogens is 1. The van der Waals surface area contributed by atoms with Crippen molar-refractivity contribution in [2.45, 2.75) is 134 Å². The Balaban J connectivity index is 0.000000222. The number of fused-ring (bicyclic) bond motifs is 4. The molecule has 1 radical (unpaired) electrons. The fraction of sp³-hybridized carbons (Fsp3) is 0.489. The Bertz CT molecular complexity index is 2050. The molecule has 0 atom stereocenters.